The smallest absolute Gasteiger partial charge is 0.131 e. The Balaban J connectivity index is 2.01. The van der Waals surface area contributed by atoms with Gasteiger partial charge in [0.2, 0.25) is 0 Å². The van der Waals surface area contributed by atoms with Gasteiger partial charge in [0.05, 0.1) is 6.54 Å². The lowest BCUT2D eigenvalue weighted by atomic mass is 10.2. The fourth-order valence-corrected chi connectivity index (χ4v) is 2.52. The molecule has 19 heavy (non-hydrogen) atoms. The zero-order valence-electron chi connectivity index (χ0n) is 9.91. The molecule has 0 bridgehead atoms. The van der Waals surface area contributed by atoms with Crippen molar-refractivity contribution in [3.05, 3.63) is 70.3 Å². The molecule has 3 aromatic rings. The highest BCUT2D eigenvalue weighted by atomic mass is 79.9. The first-order valence-electron chi connectivity index (χ1n) is 5.82. The van der Waals surface area contributed by atoms with Crippen LogP contribution in [0.5, 0.6) is 0 Å². The van der Waals surface area contributed by atoms with Gasteiger partial charge in [0, 0.05) is 33.2 Å². The Morgan fingerprint density at radius 2 is 1.84 bits per heavy atom. The highest BCUT2D eigenvalue weighted by Gasteiger charge is 2.07. The van der Waals surface area contributed by atoms with E-state index in [1.165, 1.54) is 12.1 Å². The van der Waals surface area contributed by atoms with Crippen molar-refractivity contribution in [3.63, 3.8) is 0 Å². The third kappa shape index (κ3) is 2.40. The summed E-state index contributed by atoms with van der Waals surface area (Å²) in [5.41, 5.74) is 1.49. The number of benzene rings is 2. The van der Waals surface area contributed by atoms with E-state index in [2.05, 4.69) is 15.9 Å². The summed E-state index contributed by atoms with van der Waals surface area (Å²) < 4.78 is 29.5. The molecule has 0 spiro atoms. The zero-order valence-corrected chi connectivity index (χ0v) is 11.5. The summed E-state index contributed by atoms with van der Waals surface area (Å²) in [5.74, 6) is -1.07. The third-order valence-electron chi connectivity index (χ3n) is 3.09. The van der Waals surface area contributed by atoms with Gasteiger partial charge in [-0.2, -0.15) is 0 Å². The number of hydrogen-bond donors (Lipinski definition) is 0. The molecule has 2 aromatic carbocycles. The highest BCUT2D eigenvalue weighted by molar-refractivity contribution is 9.10. The van der Waals surface area contributed by atoms with Crippen LogP contribution in [0.2, 0.25) is 0 Å². The van der Waals surface area contributed by atoms with Crippen molar-refractivity contribution < 1.29 is 8.78 Å². The minimum absolute atomic E-state index is 0.386. The second-order valence-electron chi connectivity index (χ2n) is 4.38. The van der Waals surface area contributed by atoms with E-state index in [9.17, 15) is 8.78 Å². The predicted octanol–water partition coefficient (Wildman–Crippen LogP) is 4.73. The van der Waals surface area contributed by atoms with E-state index < -0.39 is 11.6 Å². The first-order chi connectivity index (χ1) is 9.13. The Bertz CT molecular complexity index is 749. The van der Waals surface area contributed by atoms with Gasteiger partial charge in [-0.1, -0.05) is 22.0 Å². The molecule has 3 rings (SSSR count). The second-order valence-corrected chi connectivity index (χ2v) is 5.30. The molecular weight excluding hydrogens is 312 g/mol. The number of aromatic nitrogens is 1. The molecule has 0 fully saturated rings. The van der Waals surface area contributed by atoms with Crippen molar-refractivity contribution in [3.8, 4) is 0 Å². The molecule has 0 radical (unpaired) electrons. The van der Waals surface area contributed by atoms with E-state index in [-0.39, 0.29) is 0 Å². The summed E-state index contributed by atoms with van der Waals surface area (Å²) in [6.07, 6.45) is 1.90. The highest BCUT2D eigenvalue weighted by Crippen LogP contribution is 2.22. The van der Waals surface area contributed by atoms with Gasteiger partial charge in [-0.25, -0.2) is 8.78 Å². The number of fused-ring (bicyclic) bond motifs is 1. The molecule has 1 aromatic heterocycles. The molecule has 0 aliphatic carbocycles. The number of halogens is 3. The van der Waals surface area contributed by atoms with Gasteiger partial charge < -0.3 is 4.57 Å². The van der Waals surface area contributed by atoms with Crippen LogP contribution >= 0.6 is 15.9 Å². The summed E-state index contributed by atoms with van der Waals surface area (Å²) >= 11 is 3.42. The largest absolute Gasteiger partial charge is 0.343 e. The molecule has 0 atom stereocenters. The van der Waals surface area contributed by atoms with E-state index >= 15 is 0 Å². The van der Waals surface area contributed by atoms with Crippen LogP contribution in [0, 0.1) is 11.6 Å². The van der Waals surface area contributed by atoms with Crippen LogP contribution in [-0.2, 0) is 6.54 Å². The van der Waals surface area contributed by atoms with Crippen molar-refractivity contribution in [1.82, 2.24) is 4.57 Å². The summed E-state index contributed by atoms with van der Waals surface area (Å²) in [5, 5.41) is 1.08. The van der Waals surface area contributed by atoms with E-state index in [1.807, 2.05) is 35.0 Å². The van der Waals surface area contributed by atoms with Gasteiger partial charge in [0.25, 0.3) is 0 Å². The maximum absolute atomic E-state index is 13.6. The molecule has 0 aliphatic heterocycles. The fourth-order valence-electron chi connectivity index (χ4n) is 2.14. The van der Waals surface area contributed by atoms with Crippen molar-refractivity contribution >= 4 is 26.8 Å². The van der Waals surface area contributed by atoms with Gasteiger partial charge >= 0.3 is 0 Å². The van der Waals surface area contributed by atoms with E-state index in [1.54, 1.807) is 0 Å². The van der Waals surface area contributed by atoms with Crippen molar-refractivity contribution in [1.29, 1.82) is 0 Å². The first-order valence-corrected chi connectivity index (χ1v) is 6.61. The third-order valence-corrected chi connectivity index (χ3v) is 3.58. The average molecular weight is 322 g/mol. The van der Waals surface area contributed by atoms with Crippen LogP contribution in [0.15, 0.2) is 53.1 Å². The van der Waals surface area contributed by atoms with Crippen LogP contribution < -0.4 is 0 Å². The summed E-state index contributed by atoms with van der Waals surface area (Å²) in [6, 6.07) is 11.6. The minimum atomic E-state index is -0.553. The molecule has 0 unspecified atom stereocenters. The second kappa shape index (κ2) is 4.78. The molecule has 4 heteroatoms. The maximum atomic E-state index is 13.6. The normalized spacial score (nSPS) is 11.1. The summed E-state index contributed by atoms with van der Waals surface area (Å²) in [7, 11) is 0. The van der Waals surface area contributed by atoms with Crippen LogP contribution in [0.3, 0.4) is 0 Å². The number of rotatable bonds is 2. The van der Waals surface area contributed by atoms with Gasteiger partial charge in [0.15, 0.2) is 0 Å². The number of nitrogens with zero attached hydrogens (tertiary/aromatic N) is 1. The fraction of sp³-hybridized carbons (Fsp3) is 0.0667. The quantitative estimate of drug-likeness (QED) is 0.643. The lowest BCUT2D eigenvalue weighted by molar-refractivity contribution is 0.567. The Labute approximate surface area is 117 Å². The Hall–Kier alpha value is -1.68. The van der Waals surface area contributed by atoms with Gasteiger partial charge in [-0.3, -0.25) is 0 Å². The lowest BCUT2D eigenvalue weighted by Crippen LogP contribution is -2.00. The molecule has 0 amide bonds. The van der Waals surface area contributed by atoms with Crippen LogP contribution in [0.4, 0.5) is 8.78 Å². The van der Waals surface area contributed by atoms with Crippen LogP contribution in [0.25, 0.3) is 10.9 Å². The minimum Gasteiger partial charge on any atom is -0.343 e. The number of hydrogen-bond acceptors (Lipinski definition) is 0. The molecule has 96 valence electrons. The predicted molar refractivity (Wildman–Crippen MR) is 75.1 cm³/mol. The molecule has 1 heterocycles. The van der Waals surface area contributed by atoms with Gasteiger partial charge in [0.1, 0.15) is 11.6 Å². The molecule has 0 saturated heterocycles. The SMILES string of the molecule is Fc1ccc(Cn2ccc3cc(Br)ccc32)c(F)c1. The first kappa shape index (κ1) is 12.4. The molecular formula is C15H10BrF2N. The van der Waals surface area contributed by atoms with E-state index in [0.717, 1.165) is 21.4 Å². The molecule has 1 nitrogen and oxygen atoms in total. The zero-order chi connectivity index (χ0) is 13.4. The van der Waals surface area contributed by atoms with Crippen molar-refractivity contribution in [2.24, 2.45) is 0 Å². The Morgan fingerprint density at radius 3 is 2.63 bits per heavy atom. The monoisotopic (exact) mass is 321 g/mol. The van der Waals surface area contributed by atoms with Crippen LogP contribution in [-0.4, -0.2) is 4.57 Å². The van der Waals surface area contributed by atoms with Gasteiger partial charge in [-0.05, 0) is 30.3 Å². The Kier molecular flexibility index (Phi) is 3.11. The molecule has 0 aliphatic rings. The average Bonchev–Trinajstić information content (AvgIpc) is 2.75. The van der Waals surface area contributed by atoms with Crippen molar-refractivity contribution in [2.75, 3.05) is 0 Å². The summed E-state index contributed by atoms with van der Waals surface area (Å²) in [4.78, 5) is 0. The molecule has 0 N–H and O–H groups in total. The lowest BCUT2D eigenvalue weighted by Gasteiger charge is -2.07. The van der Waals surface area contributed by atoms with Gasteiger partial charge in [-0.15, -0.1) is 0 Å². The van der Waals surface area contributed by atoms with Crippen molar-refractivity contribution in [2.45, 2.75) is 6.54 Å². The molecule has 0 saturated carbocycles. The standard InChI is InChI=1S/C15H10BrF2N/c16-12-2-4-15-10(7-12)5-6-19(15)9-11-1-3-13(17)8-14(11)18/h1-8H,9H2. The topological polar surface area (TPSA) is 4.93 Å². The van der Waals surface area contributed by atoms with E-state index in [0.29, 0.717) is 12.1 Å². The summed E-state index contributed by atoms with van der Waals surface area (Å²) in [6.45, 7) is 0.386. The maximum Gasteiger partial charge on any atom is 0.131 e. The Morgan fingerprint density at radius 1 is 1.00 bits per heavy atom. The van der Waals surface area contributed by atoms with Crippen LogP contribution in [0.1, 0.15) is 5.56 Å². The van der Waals surface area contributed by atoms with E-state index in [4.69, 9.17) is 0 Å².